The molecule has 0 bridgehead atoms. The number of hydrogen-bond acceptors (Lipinski definition) is 3. The zero-order valence-electron chi connectivity index (χ0n) is 11.2. The Hall–Kier alpha value is -0.590. The first-order valence-electron chi connectivity index (χ1n) is 5.91. The van der Waals surface area contributed by atoms with Crippen LogP contribution in [0.15, 0.2) is 16.6 Å². The van der Waals surface area contributed by atoms with Crippen LogP contribution in [-0.4, -0.2) is 33.9 Å². The molecule has 1 unspecified atom stereocenters. The third kappa shape index (κ3) is 4.75. The van der Waals surface area contributed by atoms with Crippen molar-refractivity contribution >= 4 is 27.5 Å². The molecule has 0 radical (unpaired) electrons. The van der Waals surface area contributed by atoms with Crippen LogP contribution in [0.25, 0.3) is 0 Å². The smallest absolute Gasteiger partial charge is 0.261 e. The average Bonchev–Trinajstić information content (AvgIpc) is 2.42. The largest absolute Gasteiger partial charge is 0.495 e. The van der Waals surface area contributed by atoms with Gasteiger partial charge in [0.1, 0.15) is 22.6 Å². The molecule has 1 rings (SSSR count). The van der Waals surface area contributed by atoms with E-state index in [1.807, 2.05) is 0 Å². The Kier molecular flexibility index (Phi) is 7.55. The van der Waals surface area contributed by atoms with Gasteiger partial charge >= 0.3 is 0 Å². The summed E-state index contributed by atoms with van der Waals surface area (Å²) < 4.78 is 39.8. The maximum Gasteiger partial charge on any atom is 0.261 e. The number of rotatable bonds is 8. The Bertz CT molecular complexity index is 432. The van der Waals surface area contributed by atoms with Gasteiger partial charge in [-0.3, -0.25) is 0 Å². The molecule has 0 saturated carbocycles. The number of hydrogen-bond donors (Lipinski definition) is 0. The lowest BCUT2D eigenvalue weighted by Crippen LogP contribution is -2.07. The first-order chi connectivity index (χ1) is 9.51. The van der Waals surface area contributed by atoms with Crippen LogP contribution in [0.2, 0.25) is 0 Å². The van der Waals surface area contributed by atoms with Gasteiger partial charge in [-0.15, -0.1) is 11.6 Å². The summed E-state index contributed by atoms with van der Waals surface area (Å²) in [6.07, 6.45) is -2.06. The van der Waals surface area contributed by atoms with Crippen LogP contribution in [0.5, 0.6) is 11.5 Å². The van der Waals surface area contributed by atoms with Crippen molar-refractivity contribution in [2.45, 2.75) is 18.2 Å². The molecular formula is C13H16BrClF2O3. The van der Waals surface area contributed by atoms with Crippen LogP contribution < -0.4 is 9.47 Å². The van der Waals surface area contributed by atoms with Crippen LogP contribution in [0.4, 0.5) is 8.78 Å². The molecule has 0 spiro atoms. The molecule has 0 fully saturated rings. The van der Waals surface area contributed by atoms with Gasteiger partial charge in [0.2, 0.25) is 0 Å². The van der Waals surface area contributed by atoms with Gasteiger partial charge in [-0.1, -0.05) is 6.07 Å². The van der Waals surface area contributed by atoms with Crippen molar-refractivity contribution in [3.05, 3.63) is 22.2 Å². The molecule has 0 N–H and O–H groups in total. The predicted molar refractivity (Wildman–Crippen MR) is 77.3 cm³/mol. The molecule has 1 atom stereocenters. The molecular weight excluding hydrogens is 357 g/mol. The molecule has 0 aliphatic carbocycles. The van der Waals surface area contributed by atoms with Crippen molar-refractivity contribution in [1.29, 1.82) is 0 Å². The van der Waals surface area contributed by atoms with E-state index in [2.05, 4.69) is 15.9 Å². The molecule has 7 heteroatoms. The van der Waals surface area contributed by atoms with E-state index in [0.29, 0.717) is 22.4 Å². The zero-order valence-corrected chi connectivity index (χ0v) is 13.5. The number of ether oxygens (including phenoxy) is 3. The van der Waals surface area contributed by atoms with Gasteiger partial charge in [0.25, 0.3) is 6.43 Å². The Balaban J connectivity index is 2.72. The number of alkyl halides is 3. The molecule has 0 aromatic heterocycles. The van der Waals surface area contributed by atoms with Crippen molar-refractivity contribution in [2.24, 2.45) is 0 Å². The lowest BCUT2D eigenvalue weighted by Gasteiger charge is -2.17. The van der Waals surface area contributed by atoms with Gasteiger partial charge in [-0.05, 0) is 28.4 Å². The molecule has 0 heterocycles. The molecule has 1 aromatic carbocycles. The Morgan fingerprint density at radius 2 is 1.95 bits per heavy atom. The number of halogens is 4. The summed E-state index contributed by atoms with van der Waals surface area (Å²) in [4.78, 5) is 0. The van der Waals surface area contributed by atoms with Crippen molar-refractivity contribution in [3.63, 3.8) is 0 Å². The van der Waals surface area contributed by atoms with E-state index in [9.17, 15) is 8.78 Å². The summed E-state index contributed by atoms with van der Waals surface area (Å²) in [5, 5.41) is -0.398. The quantitative estimate of drug-likeness (QED) is 0.499. The van der Waals surface area contributed by atoms with E-state index in [1.54, 1.807) is 19.2 Å². The fourth-order valence-electron chi connectivity index (χ4n) is 1.68. The number of benzene rings is 1. The average molecular weight is 374 g/mol. The standard InChI is InChI=1S/C13H16BrClF2O3/c1-18-10-4-3-8(13(19-2)12(10)14)9(15)5-6-20-7-11(16)17/h3-4,9,11H,5-7H2,1-2H3. The molecule has 0 amide bonds. The second-order valence-electron chi connectivity index (χ2n) is 3.93. The van der Waals surface area contributed by atoms with Crippen LogP contribution in [-0.2, 0) is 4.74 Å². The lowest BCUT2D eigenvalue weighted by atomic mass is 10.1. The Labute approximate surface area is 130 Å². The second kappa shape index (κ2) is 8.64. The van der Waals surface area contributed by atoms with E-state index >= 15 is 0 Å². The van der Waals surface area contributed by atoms with E-state index < -0.39 is 18.4 Å². The van der Waals surface area contributed by atoms with Gasteiger partial charge in [-0.2, -0.15) is 0 Å². The number of methoxy groups -OCH3 is 2. The fourth-order valence-corrected chi connectivity index (χ4v) is 2.63. The van der Waals surface area contributed by atoms with Gasteiger partial charge < -0.3 is 14.2 Å². The first-order valence-corrected chi connectivity index (χ1v) is 7.14. The van der Waals surface area contributed by atoms with Crippen LogP contribution in [0, 0.1) is 0 Å². The highest BCUT2D eigenvalue weighted by molar-refractivity contribution is 9.10. The van der Waals surface area contributed by atoms with Crippen molar-refractivity contribution in [3.8, 4) is 11.5 Å². The Morgan fingerprint density at radius 3 is 2.50 bits per heavy atom. The van der Waals surface area contributed by atoms with Crippen molar-refractivity contribution in [1.82, 2.24) is 0 Å². The van der Waals surface area contributed by atoms with Gasteiger partial charge in [0.05, 0.1) is 19.6 Å². The zero-order chi connectivity index (χ0) is 15.1. The lowest BCUT2D eigenvalue weighted by molar-refractivity contribution is 0.0165. The molecule has 20 heavy (non-hydrogen) atoms. The fraction of sp³-hybridized carbons (Fsp3) is 0.538. The topological polar surface area (TPSA) is 27.7 Å². The van der Waals surface area contributed by atoms with Gasteiger partial charge in [0.15, 0.2) is 0 Å². The van der Waals surface area contributed by atoms with E-state index in [1.165, 1.54) is 7.11 Å². The van der Waals surface area contributed by atoms with Crippen LogP contribution >= 0.6 is 27.5 Å². The van der Waals surface area contributed by atoms with Crippen LogP contribution in [0.1, 0.15) is 17.4 Å². The summed E-state index contributed by atoms with van der Waals surface area (Å²) >= 11 is 9.65. The van der Waals surface area contributed by atoms with E-state index in [-0.39, 0.29) is 6.61 Å². The van der Waals surface area contributed by atoms with Crippen molar-refractivity contribution in [2.75, 3.05) is 27.4 Å². The molecule has 0 aliphatic rings. The van der Waals surface area contributed by atoms with Crippen LogP contribution in [0.3, 0.4) is 0 Å². The second-order valence-corrected chi connectivity index (χ2v) is 5.25. The molecule has 0 saturated heterocycles. The van der Waals surface area contributed by atoms with Gasteiger partial charge in [0, 0.05) is 12.2 Å². The maximum atomic E-state index is 11.9. The summed E-state index contributed by atoms with van der Waals surface area (Å²) in [5.74, 6) is 1.20. The maximum absolute atomic E-state index is 11.9. The van der Waals surface area contributed by atoms with Gasteiger partial charge in [-0.25, -0.2) is 8.78 Å². The van der Waals surface area contributed by atoms with Crippen molar-refractivity contribution < 1.29 is 23.0 Å². The minimum absolute atomic E-state index is 0.158. The minimum Gasteiger partial charge on any atom is -0.495 e. The third-order valence-electron chi connectivity index (χ3n) is 2.61. The monoisotopic (exact) mass is 372 g/mol. The highest BCUT2D eigenvalue weighted by atomic mass is 79.9. The summed E-state index contributed by atoms with van der Waals surface area (Å²) in [7, 11) is 3.08. The third-order valence-corrected chi connectivity index (χ3v) is 3.82. The molecule has 1 aromatic rings. The minimum atomic E-state index is -2.46. The molecule has 3 nitrogen and oxygen atoms in total. The van der Waals surface area contributed by atoms with E-state index in [4.69, 9.17) is 25.8 Å². The summed E-state index contributed by atoms with van der Waals surface area (Å²) in [6.45, 7) is -0.418. The summed E-state index contributed by atoms with van der Waals surface area (Å²) in [6, 6.07) is 3.55. The molecule has 114 valence electrons. The highest BCUT2D eigenvalue weighted by Crippen LogP contribution is 2.42. The Morgan fingerprint density at radius 1 is 1.25 bits per heavy atom. The predicted octanol–water partition coefficient (Wildman–Crippen LogP) is 4.42. The molecule has 0 aliphatic heterocycles. The highest BCUT2D eigenvalue weighted by Gasteiger charge is 2.19. The normalized spacial score (nSPS) is 12.6. The SMILES string of the molecule is COc1ccc(C(Cl)CCOCC(F)F)c(OC)c1Br. The first kappa shape index (κ1) is 17.5. The van der Waals surface area contributed by atoms with E-state index in [0.717, 1.165) is 5.56 Å². The summed E-state index contributed by atoms with van der Waals surface area (Å²) in [5.41, 5.74) is 0.752.